The van der Waals surface area contributed by atoms with Crippen LogP contribution in [0.15, 0.2) is 102 Å². The normalized spacial score (nSPS) is 11.8. The highest BCUT2D eigenvalue weighted by atomic mass is 35.5. The topological polar surface area (TPSA) is 96.0 Å². The number of methoxy groups -OCH3 is 1. The van der Waals surface area contributed by atoms with E-state index in [-0.39, 0.29) is 34.5 Å². The summed E-state index contributed by atoms with van der Waals surface area (Å²) in [5, 5.41) is 3.51. The van der Waals surface area contributed by atoms with Crippen molar-refractivity contribution in [3.8, 4) is 5.75 Å². The maximum absolute atomic E-state index is 14.5. The third kappa shape index (κ3) is 8.60. The Hall–Kier alpha value is -4.05. The van der Waals surface area contributed by atoms with Gasteiger partial charge in [-0.25, -0.2) is 8.42 Å². The molecule has 0 saturated heterocycles. The second-order valence-electron chi connectivity index (χ2n) is 10.8. The number of nitrogens with one attached hydrogen (secondary N) is 1. The van der Waals surface area contributed by atoms with E-state index in [1.807, 2.05) is 44.2 Å². The molecule has 242 valence electrons. The molecular weight excluding hydrogens is 645 g/mol. The summed E-state index contributed by atoms with van der Waals surface area (Å²) in [5.74, 6) is -0.609. The first-order valence-electron chi connectivity index (χ1n) is 14.8. The van der Waals surface area contributed by atoms with E-state index in [0.717, 1.165) is 15.4 Å². The van der Waals surface area contributed by atoms with Crippen molar-refractivity contribution < 1.29 is 22.7 Å². The summed E-state index contributed by atoms with van der Waals surface area (Å²) in [7, 11) is -2.82. The number of carbonyl (C=O) groups excluding carboxylic acids is 2. The van der Waals surface area contributed by atoms with Crippen molar-refractivity contribution in [2.45, 2.75) is 44.2 Å². The minimum atomic E-state index is -4.28. The molecule has 0 aromatic heterocycles. The fraction of sp³-hybridized carbons (Fsp3) is 0.257. The van der Waals surface area contributed by atoms with Gasteiger partial charge < -0.3 is 15.0 Å². The second kappa shape index (κ2) is 16.0. The highest BCUT2D eigenvalue weighted by Gasteiger charge is 2.35. The molecule has 46 heavy (non-hydrogen) atoms. The Balaban J connectivity index is 1.83. The quantitative estimate of drug-likeness (QED) is 0.160. The van der Waals surface area contributed by atoms with Crippen LogP contribution in [-0.2, 0) is 32.6 Å². The molecule has 0 saturated carbocycles. The third-order valence-corrected chi connectivity index (χ3v) is 9.88. The maximum Gasteiger partial charge on any atom is 0.264 e. The van der Waals surface area contributed by atoms with Crippen molar-refractivity contribution in [2.24, 2.45) is 0 Å². The molecule has 2 amide bonds. The van der Waals surface area contributed by atoms with Crippen LogP contribution in [0.25, 0.3) is 0 Å². The number of rotatable bonds is 14. The minimum absolute atomic E-state index is 0.00276. The van der Waals surface area contributed by atoms with Crippen LogP contribution in [0.1, 0.15) is 30.0 Å². The van der Waals surface area contributed by atoms with Gasteiger partial charge in [0.15, 0.2) is 0 Å². The van der Waals surface area contributed by atoms with E-state index < -0.39 is 28.5 Å². The first-order valence-corrected chi connectivity index (χ1v) is 17.0. The fourth-order valence-electron chi connectivity index (χ4n) is 4.91. The lowest BCUT2D eigenvalue weighted by Gasteiger charge is -2.34. The van der Waals surface area contributed by atoms with E-state index in [1.54, 1.807) is 36.4 Å². The Bertz CT molecular complexity index is 1750. The number of halogens is 2. The predicted molar refractivity (Wildman–Crippen MR) is 183 cm³/mol. The van der Waals surface area contributed by atoms with Gasteiger partial charge >= 0.3 is 0 Å². The molecular formula is C35H37Cl2N3O5S. The van der Waals surface area contributed by atoms with E-state index in [1.165, 1.54) is 42.3 Å². The van der Waals surface area contributed by atoms with Crippen molar-refractivity contribution in [3.63, 3.8) is 0 Å². The summed E-state index contributed by atoms with van der Waals surface area (Å²) >= 11 is 13.0. The first-order chi connectivity index (χ1) is 22.0. The van der Waals surface area contributed by atoms with Gasteiger partial charge in [0.1, 0.15) is 18.3 Å². The zero-order valence-electron chi connectivity index (χ0n) is 26.0. The molecule has 0 spiro atoms. The Morgan fingerprint density at radius 1 is 0.891 bits per heavy atom. The van der Waals surface area contributed by atoms with Crippen molar-refractivity contribution in [3.05, 3.63) is 124 Å². The lowest BCUT2D eigenvalue weighted by Crippen LogP contribution is -2.53. The van der Waals surface area contributed by atoms with Crippen LogP contribution in [0.4, 0.5) is 5.69 Å². The van der Waals surface area contributed by atoms with Gasteiger partial charge in [-0.1, -0.05) is 96.4 Å². The molecule has 0 heterocycles. The van der Waals surface area contributed by atoms with Crippen LogP contribution >= 0.6 is 23.2 Å². The fourth-order valence-corrected chi connectivity index (χ4v) is 6.76. The SMILES string of the molecule is CCCNC(=O)C(Cc1ccccc1)N(Cc1ccccc1Cl)C(=O)CN(c1ccc(OC)c(Cl)c1)S(=O)(=O)c1ccc(C)cc1. The Morgan fingerprint density at radius 2 is 1.57 bits per heavy atom. The van der Waals surface area contributed by atoms with Gasteiger partial charge in [-0.2, -0.15) is 0 Å². The van der Waals surface area contributed by atoms with E-state index >= 15 is 0 Å². The van der Waals surface area contributed by atoms with Crippen LogP contribution in [0.5, 0.6) is 5.75 Å². The summed E-state index contributed by atoms with van der Waals surface area (Å²) in [6.07, 6.45) is 0.898. The molecule has 4 rings (SSSR count). The first kappa shape index (κ1) is 34.8. The maximum atomic E-state index is 14.5. The number of sulfonamides is 1. The van der Waals surface area contributed by atoms with Gasteiger partial charge in [0.05, 0.1) is 22.7 Å². The van der Waals surface area contributed by atoms with Gasteiger partial charge in [-0.05, 0) is 60.9 Å². The number of nitrogens with zero attached hydrogens (tertiary/aromatic N) is 2. The number of anilines is 1. The summed E-state index contributed by atoms with van der Waals surface area (Å²) in [4.78, 5) is 29.7. The summed E-state index contributed by atoms with van der Waals surface area (Å²) in [6, 6.07) is 26.3. The number of benzene rings is 4. The van der Waals surface area contributed by atoms with Crippen molar-refractivity contribution in [1.82, 2.24) is 10.2 Å². The lowest BCUT2D eigenvalue weighted by molar-refractivity contribution is -0.140. The summed E-state index contributed by atoms with van der Waals surface area (Å²) in [6.45, 7) is 3.56. The van der Waals surface area contributed by atoms with Crippen LogP contribution in [0, 0.1) is 6.92 Å². The van der Waals surface area contributed by atoms with Crippen LogP contribution in [-0.4, -0.2) is 51.4 Å². The molecule has 1 unspecified atom stereocenters. The number of hydrogen-bond donors (Lipinski definition) is 1. The van der Waals surface area contributed by atoms with Gasteiger partial charge in [0.2, 0.25) is 11.8 Å². The van der Waals surface area contributed by atoms with Crippen molar-refractivity contribution in [2.75, 3.05) is 24.5 Å². The third-order valence-electron chi connectivity index (χ3n) is 7.43. The van der Waals surface area contributed by atoms with Gasteiger partial charge in [0.25, 0.3) is 10.0 Å². The summed E-state index contributed by atoms with van der Waals surface area (Å²) < 4.78 is 34.7. The number of hydrogen-bond acceptors (Lipinski definition) is 5. The molecule has 11 heteroatoms. The zero-order valence-corrected chi connectivity index (χ0v) is 28.3. The summed E-state index contributed by atoms with van der Waals surface area (Å²) in [5.41, 5.74) is 2.48. The number of aryl methyl sites for hydroxylation is 1. The molecule has 4 aromatic rings. The molecule has 4 aromatic carbocycles. The van der Waals surface area contributed by atoms with E-state index in [4.69, 9.17) is 27.9 Å². The average molecular weight is 683 g/mol. The number of amides is 2. The highest BCUT2D eigenvalue weighted by Crippen LogP contribution is 2.32. The minimum Gasteiger partial charge on any atom is -0.495 e. The molecule has 0 bridgehead atoms. The molecule has 1 N–H and O–H groups in total. The Labute approximate surface area is 280 Å². The van der Waals surface area contributed by atoms with Gasteiger partial charge in [-0.15, -0.1) is 0 Å². The Morgan fingerprint density at radius 3 is 2.20 bits per heavy atom. The standard InChI is InChI=1S/C35H37Cl2N3O5S/c1-4-20-38-35(42)32(21-26-10-6-5-7-11-26)39(23-27-12-8-9-13-30(27)36)34(41)24-40(28-16-19-33(45-3)31(37)22-28)46(43,44)29-17-14-25(2)15-18-29/h5-19,22,32H,4,20-21,23-24H2,1-3H3,(H,38,42). The molecule has 0 aliphatic heterocycles. The molecule has 0 aliphatic rings. The average Bonchev–Trinajstić information content (AvgIpc) is 3.05. The van der Waals surface area contributed by atoms with Crippen molar-refractivity contribution in [1.29, 1.82) is 0 Å². The zero-order chi connectivity index (χ0) is 33.3. The monoisotopic (exact) mass is 681 g/mol. The molecule has 1 atom stereocenters. The number of carbonyl (C=O) groups is 2. The van der Waals surface area contributed by atoms with E-state index in [2.05, 4.69) is 5.32 Å². The molecule has 0 aliphatic carbocycles. The van der Waals surface area contributed by atoms with Gasteiger partial charge in [0, 0.05) is 24.5 Å². The van der Waals surface area contributed by atoms with Crippen LogP contribution in [0.2, 0.25) is 10.0 Å². The highest BCUT2D eigenvalue weighted by molar-refractivity contribution is 7.92. The lowest BCUT2D eigenvalue weighted by atomic mass is 10.0. The largest absolute Gasteiger partial charge is 0.495 e. The smallest absolute Gasteiger partial charge is 0.264 e. The van der Waals surface area contributed by atoms with Crippen LogP contribution in [0.3, 0.4) is 0 Å². The molecule has 8 nitrogen and oxygen atoms in total. The number of ether oxygens (including phenoxy) is 1. The second-order valence-corrected chi connectivity index (χ2v) is 13.4. The van der Waals surface area contributed by atoms with Crippen molar-refractivity contribution >= 4 is 50.7 Å². The predicted octanol–water partition coefficient (Wildman–Crippen LogP) is 6.67. The van der Waals surface area contributed by atoms with Gasteiger partial charge in [-0.3, -0.25) is 13.9 Å². The Kier molecular flexibility index (Phi) is 12.1. The van der Waals surface area contributed by atoms with Crippen LogP contribution < -0.4 is 14.4 Å². The van der Waals surface area contributed by atoms with E-state index in [9.17, 15) is 18.0 Å². The van der Waals surface area contributed by atoms with E-state index in [0.29, 0.717) is 29.3 Å². The molecule has 0 fully saturated rings. The molecule has 0 radical (unpaired) electrons.